The Morgan fingerprint density at radius 2 is 1.72 bits per heavy atom. The Kier molecular flexibility index (Phi) is 9.66. The van der Waals surface area contributed by atoms with Crippen LogP contribution in [0, 0.1) is 0 Å². The van der Waals surface area contributed by atoms with E-state index in [1.807, 2.05) is 13.8 Å². The van der Waals surface area contributed by atoms with Crippen LogP contribution in [0.5, 0.6) is 0 Å². The van der Waals surface area contributed by atoms with E-state index in [4.69, 9.17) is 14.2 Å². The second kappa shape index (κ2) is 11.5. The molecule has 0 amide bonds. The van der Waals surface area contributed by atoms with Gasteiger partial charge in [0.25, 0.3) is 0 Å². The van der Waals surface area contributed by atoms with Crippen molar-refractivity contribution in [2.45, 2.75) is 164 Å². The minimum Gasteiger partial charge on any atom is -0.390 e. The average Bonchev–Trinajstić information content (AvgIpc) is 2.78. The largest absolute Gasteiger partial charge is 0.390 e. The van der Waals surface area contributed by atoms with Crippen LogP contribution in [0.1, 0.15) is 113 Å². The lowest BCUT2D eigenvalue weighted by atomic mass is 9.76. The Labute approximate surface area is 228 Å². The molecule has 36 heavy (non-hydrogen) atoms. The van der Waals surface area contributed by atoms with E-state index < -0.39 is 11.7 Å². The zero-order valence-electron chi connectivity index (χ0n) is 23.7. The van der Waals surface area contributed by atoms with E-state index >= 15 is 0 Å². The molecular formula is C30H51BrO5. The van der Waals surface area contributed by atoms with Crippen LogP contribution in [0.4, 0.5) is 0 Å². The zero-order valence-corrected chi connectivity index (χ0v) is 25.3. The van der Waals surface area contributed by atoms with E-state index in [0.29, 0.717) is 24.1 Å². The third kappa shape index (κ3) is 7.04. The SMILES string of the molecule is C=C(CCC(O)C(C)(O)CCC=C(C)C)C1CCC2OC(C3(C)CCC(Br)C(C)(C)O3)CCC2(C)O1. The molecule has 6 heteroatoms. The summed E-state index contributed by atoms with van der Waals surface area (Å²) in [5.41, 5.74) is 0.283. The molecule has 0 spiro atoms. The van der Waals surface area contributed by atoms with Crippen LogP contribution < -0.4 is 0 Å². The molecule has 0 bridgehead atoms. The van der Waals surface area contributed by atoms with Crippen molar-refractivity contribution in [2.24, 2.45) is 0 Å². The van der Waals surface area contributed by atoms with Crippen molar-refractivity contribution in [3.8, 4) is 0 Å². The van der Waals surface area contributed by atoms with Crippen molar-refractivity contribution >= 4 is 15.9 Å². The van der Waals surface area contributed by atoms with Crippen LogP contribution in [0.15, 0.2) is 23.8 Å². The van der Waals surface area contributed by atoms with Gasteiger partial charge in [0.2, 0.25) is 0 Å². The Hall–Kier alpha value is -0.240. The van der Waals surface area contributed by atoms with Gasteiger partial charge in [-0.25, -0.2) is 0 Å². The number of rotatable bonds is 9. The molecule has 0 saturated carbocycles. The number of halogens is 1. The summed E-state index contributed by atoms with van der Waals surface area (Å²) < 4.78 is 20.0. The second-order valence-corrected chi connectivity index (χ2v) is 14.2. The molecule has 0 aromatic rings. The molecule has 0 aromatic heterocycles. The predicted molar refractivity (Wildman–Crippen MR) is 150 cm³/mol. The molecule has 8 unspecified atom stereocenters. The third-order valence-corrected chi connectivity index (χ3v) is 10.5. The molecule has 5 nitrogen and oxygen atoms in total. The Morgan fingerprint density at radius 3 is 2.36 bits per heavy atom. The summed E-state index contributed by atoms with van der Waals surface area (Å²) in [4.78, 5) is 0.358. The van der Waals surface area contributed by atoms with E-state index in [-0.39, 0.29) is 35.1 Å². The average molecular weight is 572 g/mol. The first-order chi connectivity index (χ1) is 16.6. The van der Waals surface area contributed by atoms with E-state index in [1.54, 1.807) is 6.92 Å². The summed E-state index contributed by atoms with van der Waals surface area (Å²) in [5, 5.41) is 21.4. The summed E-state index contributed by atoms with van der Waals surface area (Å²) in [5.74, 6) is 0. The molecule has 3 heterocycles. The Balaban J connectivity index is 1.52. The van der Waals surface area contributed by atoms with Gasteiger partial charge in [0.1, 0.15) is 0 Å². The Bertz CT molecular complexity index is 803. The number of hydrogen-bond donors (Lipinski definition) is 2. The highest BCUT2D eigenvalue weighted by molar-refractivity contribution is 9.09. The molecule has 3 saturated heterocycles. The molecule has 0 radical (unpaired) electrons. The molecule has 208 valence electrons. The normalized spacial score (nSPS) is 38.9. The lowest BCUT2D eigenvalue weighted by Gasteiger charge is -2.55. The molecule has 3 rings (SSSR count). The summed E-state index contributed by atoms with van der Waals surface area (Å²) in [6.07, 6.45) is 9.54. The Morgan fingerprint density at radius 1 is 1.08 bits per heavy atom. The number of aliphatic hydroxyl groups excluding tert-OH is 1. The number of alkyl halides is 1. The van der Waals surface area contributed by atoms with Crippen molar-refractivity contribution in [2.75, 3.05) is 0 Å². The van der Waals surface area contributed by atoms with Gasteiger partial charge in [0, 0.05) is 4.83 Å². The van der Waals surface area contributed by atoms with E-state index in [1.165, 1.54) is 5.57 Å². The van der Waals surface area contributed by atoms with Gasteiger partial charge in [0.15, 0.2) is 0 Å². The topological polar surface area (TPSA) is 68.2 Å². The zero-order chi connectivity index (χ0) is 26.9. The molecule has 3 aliphatic rings. The highest BCUT2D eigenvalue weighted by Crippen LogP contribution is 2.48. The van der Waals surface area contributed by atoms with Crippen molar-refractivity contribution in [1.29, 1.82) is 0 Å². The summed E-state index contributed by atoms with van der Waals surface area (Å²) in [7, 11) is 0. The number of aliphatic hydroxyl groups is 2. The highest BCUT2D eigenvalue weighted by atomic mass is 79.9. The van der Waals surface area contributed by atoms with Crippen LogP contribution >= 0.6 is 15.9 Å². The van der Waals surface area contributed by atoms with Gasteiger partial charge in [-0.15, -0.1) is 0 Å². The van der Waals surface area contributed by atoms with Crippen LogP contribution in [0.2, 0.25) is 0 Å². The number of fused-ring (bicyclic) bond motifs is 1. The summed E-state index contributed by atoms with van der Waals surface area (Å²) >= 11 is 3.79. The first-order valence-electron chi connectivity index (χ1n) is 14.0. The predicted octanol–water partition coefficient (Wildman–Crippen LogP) is 6.78. The molecule has 0 aromatic carbocycles. The van der Waals surface area contributed by atoms with Crippen LogP contribution in [0.25, 0.3) is 0 Å². The molecule has 3 aliphatic heterocycles. The third-order valence-electron chi connectivity index (χ3n) is 8.96. The fourth-order valence-corrected chi connectivity index (χ4v) is 6.56. The van der Waals surface area contributed by atoms with Gasteiger partial charge in [-0.05, 0) is 118 Å². The number of hydrogen-bond acceptors (Lipinski definition) is 5. The van der Waals surface area contributed by atoms with Crippen molar-refractivity contribution in [3.05, 3.63) is 23.8 Å². The highest BCUT2D eigenvalue weighted by Gasteiger charge is 2.53. The fourth-order valence-electron chi connectivity index (χ4n) is 6.24. The van der Waals surface area contributed by atoms with Crippen molar-refractivity contribution < 1.29 is 24.4 Å². The van der Waals surface area contributed by atoms with Gasteiger partial charge in [-0.1, -0.05) is 34.2 Å². The van der Waals surface area contributed by atoms with Crippen molar-refractivity contribution in [1.82, 2.24) is 0 Å². The maximum Gasteiger partial charge on any atom is 0.0924 e. The van der Waals surface area contributed by atoms with Gasteiger partial charge < -0.3 is 24.4 Å². The van der Waals surface area contributed by atoms with Gasteiger partial charge >= 0.3 is 0 Å². The number of allylic oxidation sites excluding steroid dienone is 2. The van der Waals surface area contributed by atoms with E-state index in [0.717, 1.165) is 50.5 Å². The molecule has 8 atom stereocenters. The monoisotopic (exact) mass is 570 g/mol. The fraction of sp³-hybridized carbons (Fsp3) is 0.867. The summed E-state index contributed by atoms with van der Waals surface area (Å²) in [6.45, 7) is 18.9. The maximum absolute atomic E-state index is 10.7. The van der Waals surface area contributed by atoms with Crippen LogP contribution in [0.3, 0.4) is 0 Å². The molecule has 2 N–H and O–H groups in total. The second-order valence-electron chi connectivity index (χ2n) is 13.1. The quantitative estimate of drug-likeness (QED) is 0.236. The lowest BCUT2D eigenvalue weighted by Crippen LogP contribution is -2.62. The minimum atomic E-state index is -1.11. The van der Waals surface area contributed by atoms with Crippen molar-refractivity contribution in [3.63, 3.8) is 0 Å². The van der Waals surface area contributed by atoms with Crippen LogP contribution in [-0.2, 0) is 14.2 Å². The minimum absolute atomic E-state index is 0.0381. The van der Waals surface area contributed by atoms with Gasteiger partial charge in [-0.2, -0.15) is 0 Å². The van der Waals surface area contributed by atoms with E-state index in [9.17, 15) is 10.2 Å². The van der Waals surface area contributed by atoms with Gasteiger partial charge in [-0.3, -0.25) is 0 Å². The lowest BCUT2D eigenvalue weighted by molar-refractivity contribution is -0.285. The standard InChI is InChI=1S/C30H51BrO5/c1-20(2)10-9-17-28(6,33)24(32)13-11-21(3)22-12-14-25-29(7,35-22)19-16-26(34-25)30(8)18-15-23(31)27(4,5)36-30/h10,22-26,32-33H,3,9,11-19H2,1-2,4-8H3. The van der Waals surface area contributed by atoms with Crippen LogP contribution in [-0.4, -0.2) is 61.9 Å². The first-order valence-corrected chi connectivity index (χ1v) is 14.9. The first kappa shape index (κ1) is 30.3. The molecule has 3 fully saturated rings. The maximum atomic E-state index is 10.7. The number of ether oxygens (including phenoxy) is 3. The molecule has 0 aliphatic carbocycles. The smallest absolute Gasteiger partial charge is 0.0924 e. The van der Waals surface area contributed by atoms with E-state index in [2.05, 4.69) is 56.3 Å². The van der Waals surface area contributed by atoms with Gasteiger partial charge in [0.05, 0.1) is 46.8 Å². The molecular weight excluding hydrogens is 520 g/mol. The summed E-state index contributed by atoms with van der Waals surface area (Å²) in [6, 6.07) is 0.